The Bertz CT molecular complexity index is 1270. The van der Waals surface area contributed by atoms with Gasteiger partial charge in [0, 0.05) is 6.42 Å². The fraction of sp³-hybridized carbons (Fsp3) is 0.889. The standard InChI is InChI=1S/C63H123N2O6P/c1-6-8-10-12-14-16-18-20-22-24-26-27-28-29-30-31-32-33-34-35-36-37-39-41-43-45-47-49-51-53-55-57-63(67)64-61(60-71-72(68,69)70-59-58-65(3,4)5)62(66)56-54-52-50-48-46-44-42-40-38-25-23-21-19-17-15-13-11-9-7-2/h18,20,24,26,28-29,61-62,66H,6-17,19,21-23,25,27,30-60H2,1-5H3,(H-,64,67,68,69)/b20-18-,26-24-,29-28-. The van der Waals surface area contributed by atoms with Crippen molar-refractivity contribution in [3.8, 4) is 0 Å². The van der Waals surface area contributed by atoms with E-state index in [-0.39, 0.29) is 19.1 Å². The third-order valence-electron chi connectivity index (χ3n) is 14.4. The maximum Gasteiger partial charge on any atom is 0.268 e. The molecule has 0 heterocycles. The van der Waals surface area contributed by atoms with Crippen LogP contribution in [-0.2, 0) is 18.4 Å². The van der Waals surface area contributed by atoms with E-state index in [1.807, 2.05) is 21.1 Å². The van der Waals surface area contributed by atoms with E-state index < -0.39 is 20.0 Å². The lowest BCUT2D eigenvalue weighted by molar-refractivity contribution is -0.870. The number of amides is 1. The number of phosphoric ester groups is 1. The zero-order valence-corrected chi connectivity index (χ0v) is 49.5. The first-order valence-corrected chi connectivity index (χ1v) is 32.8. The van der Waals surface area contributed by atoms with Crippen molar-refractivity contribution < 1.29 is 32.9 Å². The number of nitrogens with one attached hydrogen (secondary N) is 1. The molecule has 426 valence electrons. The van der Waals surface area contributed by atoms with Gasteiger partial charge in [-0.1, -0.05) is 288 Å². The van der Waals surface area contributed by atoms with Crippen LogP contribution < -0.4 is 10.2 Å². The Morgan fingerprint density at radius 1 is 0.486 bits per heavy atom. The zero-order chi connectivity index (χ0) is 52.7. The molecule has 0 radical (unpaired) electrons. The number of hydrogen-bond acceptors (Lipinski definition) is 6. The second-order valence-corrected chi connectivity index (χ2v) is 24.2. The largest absolute Gasteiger partial charge is 0.756 e. The first kappa shape index (κ1) is 70.7. The van der Waals surface area contributed by atoms with Gasteiger partial charge in [0.05, 0.1) is 39.9 Å². The van der Waals surface area contributed by atoms with E-state index in [4.69, 9.17) is 9.05 Å². The molecule has 0 aliphatic heterocycles. The molecular formula is C63H123N2O6P. The van der Waals surface area contributed by atoms with Crippen molar-refractivity contribution in [1.29, 1.82) is 0 Å². The summed E-state index contributed by atoms with van der Waals surface area (Å²) in [7, 11) is 1.32. The Labute approximate surface area is 448 Å². The zero-order valence-electron chi connectivity index (χ0n) is 48.6. The van der Waals surface area contributed by atoms with Gasteiger partial charge in [-0.15, -0.1) is 0 Å². The Kier molecular flexibility index (Phi) is 53.5. The molecule has 72 heavy (non-hydrogen) atoms. The van der Waals surface area contributed by atoms with Crippen LogP contribution in [0.25, 0.3) is 0 Å². The molecule has 0 rings (SSSR count). The molecule has 0 aromatic carbocycles. The topological polar surface area (TPSA) is 108 Å². The fourth-order valence-electron chi connectivity index (χ4n) is 9.46. The number of rotatable bonds is 58. The lowest BCUT2D eigenvalue weighted by atomic mass is 10.0. The van der Waals surface area contributed by atoms with E-state index in [9.17, 15) is 19.4 Å². The predicted octanol–water partition coefficient (Wildman–Crippen LogP) is 18.7. The average molecular weight is 1040 g/mol. The molecule has 0 saturated carbocycles. The van der Waals surface area contributed by atoms with Crippen LogP contribution in [0.5, 0.6) is 0 Å². The average Bonchev–Trinajstić information content (AvgIpc) is 3.34. The summed E-state index contributed by atoms with van der Waals surface area (Å²) in [4.78, 5) is 25.6. The van der Waals surface area contributed by atoms with Gasteiger partial charge in [-0.2, -0.15) is 0 Å². The van der Waals surface area contributed by atoms with Crippen molar-refractivity contribution in [2.45, 2.75) is 321 Å². The van der Waals surface area contributed by atoms with Gasteiger partial charge in [-0.05, 0) is 51.4 Å². The van der Waals surface area contributed by atoms with Crippen LogP contribution in [0.15, 0.2) is 36.5 Å². The van der Waals surface area contributed by atoms with Crippen LogP contribution in [0.4, 0.5) is 0 Å². The molecule has 9 heteroatoms. The molecule has 0 fully saturated rings. The second kappa shape index (κ2) is 54.5. The van der Waals surface area contributed by atoms with Gasteiger partial charge < -0.3 is 28.8 Å². The molecule has 0 saturated heterocycles. The van der Waals surface area contributed by atoms with Crippen molar-refractivity contribution >= 4 is 13.7 Å². The number of aliphatic hydroxyl groups excluding tert-OH is 1. The van der Waals surface area contributed by atoms with Gasteiger partial charge in [0.2, 0.25) is 5.91 Å². The number of hydrogen-bond donors (Lipinski definition) is 2. The van der Waals surface area contributed by atoms with Crippen LogP contribution in [-0.4, -0.2) is 68.5 Å². The van der Waals surface area contributed by atoms with Crippen LogP contribution in [0.2, 0.25) is 0 Å². The quantitative estimate of drug-likeness (QED) is 0.0272. The number of quaternary nitrogens is 1. The highest BCUT2D eigenvalue weighted by molar-refractivity contribution is 7.45. The number of carbonyl (C=O) groups excluding carboxylic acids is 1. The predicted molar refractivity (Wildman–Crippen MR) is 311 cm³/mol. The van der Waals surface area contributed by atoms with Crippen LogP contribution in [0.3, 0.4) is 0 Å². The van der Waals surface area contributed by atoms with Crippen LogP contribution >= 0.6 is 7.82 Å². The van der Waals surface area contributed by atoms with Gasteiger partial charge in [0.1, 0.15) is 13.2 Å². The van der Waals surface area contributed by atoms with E-state index in [0.717, 1.165) is 51.4 Å². The Hall–Kier alpha value is -1.28. The van der Waals surface area contributed by atoms with E-state index in [1.165, 1.54) is 231 Å². The Morgan fingerprint density at radius 3 is 1.17 bits per heavy atom. The molecule has 8 nitrogen and oxygen atoms in total. The molecule has 2 N–H and O–H groups in total. The lowest BCUT2D eigenvalue weighted by Gasteiger charge is -2.30. The number of aliphatic hydroxyl groups is 1. The van der Waals surface area contributed by atoms with E-state index in [0.29, 0.717) is 23.9 Å². The normalized spacial score (nSPS) is 14.0. The smallest absolute Gasteiger partial charge is 0.268 e. The monoisotopic (exact) mass is 1030 g/mol. The number of phosphoric acid groups is 1. The maximum absolute atomic E-state index is 13.0. The first-order chi connectivity index (χ1) is 35.0. The summed E-state index contributed by atoms with van der Waals surface area (Å²) in [6, 6.07) is -0.800. The molecule has 3 unspecified atom stereocenters. The van der Waals surface area contributed by atoms with Crippen molar-refractivity contribution in [2.24, 2.45) is 0 Å². The molecule has 0 aliphatic rings. The molecule has 0 aromatic heterocycles. The number of unbranched alkanes of at least 4 members (excludes halogenated alkanes) is 39. The minimum atomic E-state index is -4.57. The molecule has 3 atom stereocenters. The summed E-state index contributed by atoms with van der Waals surface area (Å²) in [5.74, 6) is -0.160. The van der Waals surface area contributed by atoms with Crippen LogP contribution in [0.1, 0.15) is 309 Å². The molecule has 0 bridgehead atoms. The molecular weight excluding hydrogens is 912 g/mol. The lowest BCUT2D eigenvalue weighted by Crippen LogP contribution is -2.46. The summed E-state index contributed by atoms with van der Waals surface area (Å²) in [6.45, 7) is 4.75. The van der Waals surface area contributed by atoms with Crippen molar-refractivity contribution in [1.82, 2.24) is 5.32 Å². The van der Waals surface area contributed by atoms with Crippen molar-refractivity contribution in [3.63, 3.8) is 0 Å². The first-order valence-electron chi connectivity index (χ1n) is 31.3. The van der Waals surface area contributed by atoms with Gasteiger partial charge >= 0.3 is 0 Å². The molecule has 0 aromatic rings. The third kappa shape index (κ3) is 56.4. The highest BCUT2D eigenvalue weighted by Crippen LogP contribution is 2.38. The number of allylic oxidation sites excluding steroid dienone is 6. The van der Waals surface area contributed by atoms with E-state index in [2.05, 4.69) is 55.6 Å². The minimum absolute atomic E-state index is 0.0135. The van der Waals surface area contributed by atoms with Crippen LogP contribution in [0, 0.1) is 0 Å². The fourth-order valence-corrected chi connectivity index (χ4v) is 10.2. The molecule has 0 aliphatic carbocycles. The number of likely N-dealkylation sites (N-methyl/N-ethyl adjacent to an activating group) is 1. The molecule has 0 spiro atoms. The van der Waals surface area contributed by atoms with E-state index >= 15 is 0 Å². The summed E-state index contributed by atoms with van der Waals surface area (Å²) in [6.07, 6.45) is 70.4. The molecule has 1 amide bonds. The summed E-state index contributed by atoms with van der Waals surface area (Å²) < 4.78 is 23.5. The SMILES string of the molecule is CCCCCCC/C=C\C/C=C\C/C=C\CCCCCCCCCCCCCCCCCCC(=O)NC(COP(=O)([O-])OCC[N+](C)(C)C)C(O)CCCCCCCCCCCCCCCCCCCCC. The van der Waals surface area contributed by atoms with E-state index in [1.54, 1.807) is 0 Å². The number of nitrogens with zero attached hydrogens (tertiary/aromatic N) is 1. The van der Waals surface area contributed by atoms with Crippen molar-refractivity contribution in [2.75, 3.05) is 40.9 Å². The van der Waals surface area contributed by atoms with Crippen molar-refractivity contribution in [3.05, 3.63) is 36.5 Å². The van der Waals surface area contributed by atoms with Gasteiger partial charge in [-0.3, -0.25) is 9.36 Å². The van der Waals surface area contributed by atoms with Gasteiger partial charge in [0.25, 0.3) is 7.82 Å². The maximum atomic E-state index is 13.0. The second-order valence-electron chi connectivity index (χ2n) is 22.8. The van der Waals surface area contributed by atoms with Gasteiger partial charge in [-0.25, -0.2) is 0 Å². The summed E-state index contributed by atoms with van der Waals surface area (Å²) in [5.41, 5.74) is 0. The number of carbonyl (C=O) groups is 1. The minimum Gasteiger partial charge on any atom is -0.756 e. The third-order valence-corrected chi connectivity index (χ3v) is 15.3. The Morgan fingerprint density at radius 2 is 0.806 bits per heavy atom. The Balaban J connectivity index is 4.06. The van der Waals surface area contributed by atoms with Gasteiger partial charge in [0.15, 0.2) is 0 Å². The highest BCUT2D eigenvalue weighted by atomic mass is 31.2. The summed E-state index contributed by atoms with van der Waals surface area (Å²) >= 11 is 0. The summed E-state index contributed by atoms with van der Waals surface area (Å²) in [5, 5.41) is 14.1. The highest BCUT2D eigenvalue weighted by Gasteiger charge is 2.24.